The second-order valence-corrected chi connectivity index (χ2v) is 6.88. The van der Waals surface area contributed by atoms with E-state index in [1.165, 1.54) is 18.4 Å². The highest BCUT2D eigenvalue weighted by Gasteiger charge is 2.44. The lowest BCUT2D eigenvalue weighted by Crippen LogP contribution is -2.41. The summed E-state index contributed by atoms with van der Waals surface area (Å²) in [5, 5.41) is 6.87. The van der Waals surface area contributed by atoms with Crippen molar-refractivity contribution in [1.29, 1.82) is 0 Å². The number of aliphatic imine (C=N–C) groups is 1. The molecule has 1 saturated carbocycles. The molecule has 0 saturated heterocycles. The summed E-state index contributed by atoms with van der Waals surface area (Å²) in [4.78, 5) is 4.32. The molecule has 0 spiro atoms. The first-order valence-corrected chi connectivity index (χ1v) is 8.48. The largest absolute Gasteiger partial charge is 0.454 e. The molecular weight excluding hydrogens is 417 g/mol. The van der Waals surface area contributed by atoms with Crippen molar-refractivity contribution in [2.24, 2.45) is 10.9 Å². The molecule has 1 heterocycles. The average molecular weight is 445 g/mol. The fourth-order valence-electron chi connectivity index (χ4n) is 2.90. The Morgan fingerprint density at radius 3 is 2.62 bits per heavy atom. The molecule has 0 bridgehead atoms. The number of guanidine groups is 1. The van der Waals surface area contributed by atoms with Crippen LogP contribution in [0.1, 0.15) is 38.7 Å². The van der Waals surface area contributed by atoms with Crippen LogP contribution < -0.4 is 20.1 Å². The van der Waals surface area contributed by atoms with E-state index in [-0.39, 0.29) is 29.4 Å². The van der Waals surface area contributed by atoms with Crippen molar-refractivity contribution in [3.63, 3.8) is 0 Å². The second-order valence-electron chi connectivity index (χ2n) is 6.88. The molecule has 6 heteroatoms. The van der Waals surface area contributed by atoms with Crippen molar-refractivity contribution in [2.75, 3.05) is 26.9 Å². The number of rotatable bonds is 6. The molecule has 1 aliphatic heterocycles. The molecule has 1 fully saturated rings. The van der Waals surface area contributed by atoms with Gasteiger partial charge < -0.3 is 20.1 Å². The first-order valence-electron chi connectivity index (χ1n) is 8.48. The number of benzene rings is 1. The summed E-state index contributed by atoms with van der Waals surface area (Å²) in [6.07, 6.45) is 3.54. The van der Waals surface area contributed by atoms with Gasteiger partial charge in [-0.2, -0.15) is 0 Å². The molecule has 2 N–H and O–H groups in total. The van der Waals surface area contributed by atoms with E-state index in [9.17, 15) is 0 Å². The second kappa shape index (κ2) is 8.27. The van der Waals surface area contributed by atoms with Crippen LogP contribution in [0.25, 0.3) is 0 Å². The zero-order valence-corrected chi connectivity index (χ0v) is 17.1. The number of nitrogens with one attached hydrogen (secondary N) is 2. The van der Waals surface area contributed by atoms with E-state index >= 15 is 0 Å². The van der Waals surface area contributed by atoms with Gasteiger partial charge in [0.15, 0.2) is 17.5 Å². The van der Waals surface area contributed by atoms with Gasteiger partial charge in [-0.25, -0.2) is 0 Å². The molecule has 1 aromatic carbocycles. The lowest BCUT2D eigenvalue weighted by molar-refractivity contribution is 0.174. The Kier molecular flexibility index (Phi) is 6.60. The van der Waals surface area contributed by atoms with E-state index in [2.05, 4.69) is 41.6 Å². The monoisotopic (exact) mass is 445 g/mol. The average Bonchev–Trinajstić information content (AvgIpc) is 3.18. The van der Waals surface area contributed by atoms with Crippen LogP contribution in [0.3, 0.4) is 0 Å². The molecule has 134 valence electrons. The summed E-state index contributed by atoms with van der Waals surface area (Å²) < 4.78 is 10.9. The molecule has 5 nitrogen and oxygen atoms in total. The van der Waals surface area contributed by atoms with Crippen LogP contribution in [-0.4, -0.2) is 32.9 Å². The molecule has 0 unspecified atom stereocenters. The number of halogens is 1. The zero-order valence-electron chi connectivity index (χ0n) is 14.7. The van der Waals surface area contributed by atoms with Gasteiger partial charge in [0.1, 0.15) is 0 Å². The van der Waals surface area contributed by atoms with Gasteiger partial charge in [-0.15, -0.1) is 24.0 Å². The topological polar surface area (TPSA) is 54.9 Å². The van der Waals surface area contributed by atoms with Gasteiger partial charge in [0.05, 0.1) is 0 Å². The summed E-state index contributed by atoms with van der Waals surface area (Å²) in [5.74, 6) is 3.30. The molecule has 1 aliphatic carbocycles. The minimum Gasteiger partial charge on any atom is -0.454 e. The van der Waals surface area contributed by atoms with Crippen LogP contribution in [0.5, 0.6) is 11.5 Å². The Labute approximate surface area is 161 Å². The van der Waals surface area contributed by atoms with Crippen LogP contribution in [0.2, 0.25) is 0 Å². The van der Waals surface area contributed by atoms with Gasteiger partial charge >= 0.3 is 0 Å². The third kappa shape index (κ3) is 4.46. The Bertz CT molecular complexity index is 586. The van der Waals surface area contributed by atoms with E-state index in [0.29, 0.717) is 12.7 Å². The Morgan fingerprint density at radius 2 is 1.96 bits per heavy atom. The quantitative estimate of drug-likeness (QED) is 0.401. The molecule has 0 radical (unpaired) electrons. The number of ether oxygens (including phenoxy) is 2. The van der Waals surface area contributed by atoms with Crippen molar-refractivity contribution in [3.8, 4) is 11.5 Å². The molecule has 2 aliphatic rings. The summed E-state index contributed by atoms with van der Waals surface area (Å²) >= 11 is 0. The summed E-state index contributed by atoms with van der Waals surface area (Å²) in [7, 11) is 1.82. The highest BCUT2D eigenvalue weighted by molar-refractivity contribution is 14.0. The molecule has 1 aromatic rings. The molecule has 24 heavy (non-hydrogen) atoms. The van der Waals surface area contributed by atoms with Crippen molar-refractivity contribution in [1.82, 2.24) is 10.6 Å². The number of hydrogen-bond acceptors (Lipinski definition) is 3. The van der Waals surface area contributed by atoms with Gasteiger partial charge in [0.25, 0.3) is 0 Å². The minimum atomic E-state index is 0. The summed E-state index contributed by atoms with van der Waals surface area (Å²) in [6, 6.07) is 6.32. The lowest BCUT2D eigenvalue weighted by Gasteiger charge is -2.19. The first kappa shape index (κ1) is 19.1. The summed E-state index contributed by atoms with van der Waals surface area (Å²) in [5.41, 5.74) is 1.53. The summed E-state index contributed by atoms with van der Waals surface area (Å²) in [6.45, 7) is 6.65. The number of hydrogen-bond donors (Lipinski definition) is 2. The zero-order chi connectivity index (χ0) is 16.3. The van der Waals surface area contributed by atoms with Crippen molar-refractivity contribution in [3.05, 3.63) is 23.8 Å². The van der Waals surface area contributed by atoms with Gasteiger partial charge in [-0.1, -0.05) is 19.9 Å². The van der Waals surface area contributed by atoms with Crippen LogP contribution in [-0.2, 0) is 5.41 Å². The first-order chi connectivity index (χ1) is 11.1. The minimum absolute atomic E-state index is 0. The number of nitrogens with zero attached hydrogens (tertiary/aromatic N) is 1. The van der Waals surface area contributed by atoms with E-state index in [1.807, 2.05) is 13.1 Å². The SMILES string of the molecule is CN=C(NCCC(C)C)NCC1(c2ccc3c(c2)OCO3)CC1.I. The van der Waals surface area contributed by atoms with Crippen molar-refractivity contribution in [2.45, 2.75) is 38.5 Å². The molecular formula is C18H28IN3O2. The Hall–Kier alpha value is -1.18. The standard InChI is InChI=1S/C18H27N3O2.HI/c1-13(2)6-9-20-17(19-3)21-11-18(7-8-18)14-4-5-15-16(10-14)23-12-22-15;/h4-5,10,13H,6-9,11-12H2,1-3H3,(H2,19,20,21);1H. The van der Waals surface area contributed by atoms with Gasteiger partial charge in [0.2, 0.25) is 6.79 Å². The van der Waals surface area contributed by atoms with Gasteiger partial charge in [-0.05, 0) is 42.9 Å². The van der Waals surface area contributed by atoms with E-state index < -0.39 is 0 Å². The highest BCUT2D eigenvalue weighted by atomic mass is 127. The normalized spacial score (nSPS) is 17.4. The Balaban J connectivity index is 0.00000208. The molecule has 0 aromatic heterocycles. The van der Waals surface area contributed by atoms with E-state index in [4.69, 9.17) is 9.47 Å². The number of fused-ring (bicyclic) bond motifs is 1. The van der Waals surface area contributed by atoms with Gasteiger partial charge in [0, 0.05) is 25.6 Å². The van der Waals surface area contributed by atoms with Crippen LogP contribution in [0.15, 0.2) is 23.2 Å². The molecule has 0 atom stereocenters. The predicted octanol–water partition coefficient (Wildman–Crippen LogP) is 3.28. The maximum Gasteiger partial charge on any atom is 0.231 e. The van der Waals surface area contributed by atoms with Crippen molar-refractivity contribution < 1.29 is 9.47 Å². The van der Waals surface area contributed by atoms with Crippen LogP contribution in [0.4, 0.5) is 0 Å². The predicted molar refractivity (Wildman–Crippen MR) is 108 cm³/mol. The Morgan fingerprint density at radius 1 is 1.21 bits per heavy atom. The van der Waals surface area contributed by atoms with Crippen molar-refractivity contribution >= 4 is 29.9 Å². The van der Waals surface area contributed by atoms with Crippen LogP contribution in [0, 0.1) is 5.92 Å². The molecule has 3 rings (SSSR count). The van der Waals surface area contributed by atoms with E-state index in [0.717, 1.165) is 37.0 Å². The third-order valence-corrected chi connectivity index (χ3v) is 4.67. The molecule has 0 amide bonds. The fourth-order valence-corrected chi connectivity index (χ4v) is 2.90. The maximum absolute atomic E-state index is 5.51. The smallest absolute Gasteiger partial charge is 0.231 e. The maximum atomic E-state index is 5.51. The van der Waals surface area contributed by atoms with Gasteiger partial charge in [-0.3, -0.25) is 4.99 Å². The van der Waals surface area contributed by atoms with E-state index in [1.54, 1.807) is 0 Å². The third-order valence-electron chi connectivity index (χ3n) is 4.67. The van der Waals surface area contributed by atoms with Crippen LogP contribution >= 0.6 is 24.0 Å². The fraction of sp³-hybridized carbons (Fsp3) is 0.611. The highest BCUT2D eigenvalue weighted by Crippen LogP contribution is 2.49. The lowest BCUT2D eigenvalue weighted by atomic mass is 9.95.